The fourth-order valence-electron chi connectivity index (χ4n) is 3.29. The molecule has 0 aliphatic carbocycles. The molecule has 36 heavy (non-hydrogen) atoms. The first kappa shape index (κ1) is 28.6. The number of Topliss-reactive ketones (excluding diaryl/α,β-unsaturated/α-hetero) is 1. The van der Waals surface area contributed by atoms with Gasteiger partial charge in [-0.2, -0.15) is 13.2 Å². The topological polar surface area (TPSA) is 154 Å². The van der Waals surface area contributed by atoms with Crippen LogP contribution in [0.2, 0.25) is 0 Å². The number of ketones is 1. The van der Waals surface area contributed by atoms with Gasteiger partial charge in [-0.25, -0.2) is 23.0 Å². The van der Waals surface area contributed by atoms with Crippen LogP contribution in [0.25, 0.3) is 0 Å². The molecule has 1 saturated heterocycles. The van der Waals surface area contributed by atoms with Gasteiger partial charge in [-0.1, -0.05) is 25.0 Å². The average molecular weight is 532 g/mol. The molecule has 1 fully saturated rings. The van der Waals surface area contributed by atoms with Crippen molar-refractivity contribution in [3.8, 4) is 0 Å². The number of carbonyl (C=O) groups is 3. The summed E-state index contributed by atoms with van der Waals surface area (Å²) >= 11 is 0. The lowest BCUT2D eigenvalue weighted by Gasteiger charge is -2.23. The molecule has 1 aliphatic rings. The summed E-state index contributed by atoms with van der Waals surface area (Å²) in [4.78, 5) is 38.2. The zero-order chi connectivity index (χ0) is 27.1. The molecule has 0 spiro atoms. The van der Waals surface area contributed by atoms with Crippen molar-refractivity contribution in [2.45, 2.75) is 43.7 Å². The number of aromatic carboxylic acids is 1. The number of nitrogens with zero attached hydrogens (tertiary/aromatic N) is 2. The fourth-order valence-corrected chi connectivity index (χ4v) is 4.32. The second-order valence-electron chi connectivity index (χ2n) is 7.79. The van der Waals surface area contributed by atoms with E-state index in [1.807, 2.05) is 4.90 Å². The number of anilines is 2. The largest absolute Gasteiger partial charge is 0.490 e. The third-order valence-corrected chi connectivity index (χ3v) is 6.47. The first-order chi connectivity index (χ1) is 16.7. The minimum absolute atomic E-state index is 0.0315. The zero-order valence-electron chi connectivity index (χ0n) is 19.1. The van der Waals surface area contributed by atoms with E-state index in [4.69, 9.17) is 9.90 Å². The molecule has 1 aliphatic heterocycles. The number of alkyl halides is 3. The van der Waals surface area contributed by atoms with Gasteiger partial charge in [0.2, 0.25) is 0 Å². The van der Waals surface area contributed by atoms with Gasteiger partial charge in [-0.3, -0.25) is 9.52 Å². The number of carbonyl (C=O) groups excluding carboxylic acids is 1. The van der Waals surface area contributed by atoms with Crippen LogP contribution in [0.1, 0.15) is 53.3 Å². The van der Waals surface area contributed by atoms with Crippen molar-refractivity contribution >= 4 is 39.3 Å². The zero-order valence-corrected chi connectivity index (χ0v) is 19.9. The molecule has 10 nitrogen and oxygen atoms in total. The highest BCUT2D eigenvalue weighted by Gasteiger charge is 2.38. The summed E-state index contributed by atoms with van der Waals surface area (Å²) in [6, 6.07) is 6.81. The summed E-state index contributed by atoms with van der Waals surface area (Å²) in [5.41, 5.74) is 0.427. The molecule has 1 aromatic carbocycles. The summed E-state index contributed by atoms with van der Waals surface area (Å²) in [5, 5.41) is 16.7. The smallest absolute Gasteiger partial charge is 0.478 e. The molecule has 2 aromatic rings. The summed E-state index contributed by atoms with van der Waals surface area (Å²) in [7, 11) is -3.95. The van der Waals surface area contributed by atoms with Gasteiger partial charge in [0, 0.05) is 18.7 Å². The number of rotatable bonds is 6. The third kappa shape index (κ3) is 7.93. The summed E-state index contributed by atoms with van der Waals surface area (Å²) in [6.45, 7) is 2.84. The monoisotopic (exact) mass is 531 g/mol. The van der Waals surface area contributed by atoms with E-state index in [1.54, 1.807) is 0 Å². The highest BCUT2D eigenvalue weighted by molar-refractivity contribution is 7.92. The van der Waals surface area contributed by atoms with Gasteiger partial charge < -0.3 is 15.1 Å². The first-order valence-corrected chi connectivity index (χ1v) is 12.1. The average Bonchev–Trinajstić information content (AvgIpc) is 3.08. The van der Waals surface area contributed by atoms with E-state index in [9.17, 15) is 36.3 Å². The fraction of sp³-hybridized carbons (Fsp3) is 0.364. The molecule has 2 heterocycles. The Kier molecular flexibility index (Phi) is 9.39. The van der Waals surface area contributed by atoms with Gasteiger partial charge >= 0.3 is 18.1 Å². The van der Waals surface area contributed by atoms with Gasteiger partial charge in [0.1, 0.15) is 11.4 Å². The molecule has 3 N–H and O–H groups in total. The minimum Gasteiger partial charge on any atom is -0.478 e. The van der Waals surface area contributed by atoms with E-state index in [1.165, 1.54) is 43.5 Å². The minimum atomic E-state index is -5.08. The number of halogens is 3. The maximum Gasteiger partial charge on any atom is 0.490 e. The van der Waals surface area contributed by atoms with E-state index < -0.39 is 28.1 Å². The molecule has 1 aromatic heterocycles. The van der Waals surface area contributed by atoms with Crippen LogP contribution in [0.4, 0.5) is 24.7 Å². The van der Waals surface area contributed by atoms with Crippen molar-refractivity contribution in [3.63, 3.8) is 0 Å². The molecule has 3 rings (SSSR count). The van der Waals surface area contributed by atoms with Crippen molar-refractivity contribution in [1.29, 1.82) is 0 Å². The van der Waals surface area contributed by atoms with Crippen LogP contribution in [0.5, 0.6) is 0 Å². The SMILES string of the molecule is CC(=O)c1ccc(S(=O)(=O)Nc2cnc(N3CCCCCC3)c(C(=O)O)c2)cc1.O=C(O)C(F)(F)F. The predicted molar refractivity (Wildman–Crippen MR) is 123 cm³/mol. The molecule has 196 valence electrons. The van der Waals surface area contributed by atoms with Crippen LogP contribution in [0, 0.1) is 0 Å². The Morgan fingerprint density at radius 1 is 1.00 bits per heavy atom. The molecule has 0 bridgehead atoms. The molecule has 0 unspecified atom stereocenters. The Balaban J connectivity index is 0.000000572. The van der Waals surface area contributed by atoms with Crippen LogP contribution in [-0.4, -0.2) is 60.6 Å². The van der Waals surface area contributed by atoms with Crippen LogP contribution in [0.3, 0.4) is 0 Å². The van der Waals surface area contributed by atoms with E-state index in [0.29, 0.717) is 11.4 Å². The van der Waals surface area contributed by atoms with Crippen molar-refractivity contribution in [1.82, 2.24) is 4.98 Å². The quantitative estimate of drug-likeness (QED) is 0.472. The van der Waals surface area contributed by atoms with E-state index in [0.717, 1.165) is 38.8 Å². The molecular weight excluding hydrogens is 507 g/mol. The lowest BCUT2D eigenvalue weighted by atomic mass is 10.2. The van der Waals surface area contributed by atoms with Crippen molar-refractivity contribution in [3.05, 3.63) is 47.7 Å². The van der Waals surface area contributed by atoms with Crippen LogP contribution < -0.4 is 9.62 Å². The normalized spacial score (nSPS) is 14.2. The lowest BCUT2D eigenvalue weighted by molar-refractivity contribution is -0.192. The Hall–Kier alpha value is -3.68. The van der Waals surface area contributed by atoms with Crippen molar-refractivity contribution in [2.75, 3.05) is 22.7 Å². The Morgan fingerprint density at radius 3 is 1.97 bits per heavy atom. The number of carboxylic acids is 2. The van der Waals surface area contributed by atoms with Gasteiger partial charge in [0.25, 0.3) is 10.0 Å². The Labute approximate surface area is 204 Å². The van der Waals surface area contributed by atoms with E-state index in [-0.39, 0.29) is 21.9 Å². The van der Waals surface area contributed by atoms with Gasteiger partial charge in [-0.05, 0) is 38.0 Å². The summed E-state index contributed by atoms with van der Waals surface area (Å²) < 4.78 is 59.3. The number of pyridine rings is 1. The van der Waals surface area contributed by atoms with E-state index in [2.05, 4.69) is 9.71 Å². The molecule has 14 heteroatoms. The van der Waals surface area contributed by atoms with Crippen LogP contribution in [0.15, 0.2) is 41.4 Å². The number of aliphatic carboxylic acids is 1. The number of benzene rings is 1. The number of aromatic nitrogens is 1. The van der Waals surface area contributed by atoms with Crippen molar-refractivity contribution < 1.29 is 46.2 Å². The Bertz CT molecular complexity index is 1210. The molecule has 0 atom stereocenters. The highest BCUT2D eigenvalue weighted by atomic mass is 32.2. The maximum absolute atomic E-state index is 12.6. The standard InChI is InChI=1S/C20H23N3O5S.C2HF3O2/c1-14(24)15-6-8-17(9-7-15)29(27,28)22-16-12-18(20(25)26)19(21-13-16)23-10-4-2-3-5-11-23;3-2(4,5)1(6)7/h6-9,12-13,22H,2-5,10-11H2,1H3,(H,25,26);(H,6,7). The molecule has 0 amide bonds. The first-order valence-electron chi connectivity index (χ1n) is 10.6. The van der Waals surface area contributed by atoms with Gasteiger partial charge in [0.15, 0.2) is 5.78 Å². The number of hydrogen-bond acceptors (Lipinski definition) is 7. The Morgan fingerprint density at radius 2 is 1.53 bits per heavy atom. The van der Waals surface area contributed by atoms with Crippen molar-refractivity contribution in [2.24, 2.45) is 0 Å². The van der Waals surface area contributed by atoms with Gasteiger partial charge in [0.05, 0.1) is 16.8 Å². The molecule has 0 saturated carbocycles. The van der Waals surface area contributed by atoms with Gasteiger partial charge in [-0.15, -0.1) is 0 Å². The number of carboxylic acid groups (broad SMARTS) is 2. The van der Waals surface area contributed by atoms with E-state index >= 15 is 0 Å². The summed E-state index contributed by atoms with van der Waals surface area (Å²) in [5.74, 6) is -3.73. The second-order valence-corrected chi connectivity index (χ2v) is 9.47. The summed E-state index contributed by atoms with van der Waals surface area (Å²) in [6.07, 6.45) is 0.364. The van der Waals surface area contributed by atoms with Crippen LogP contribution >= 0.6 is 0 Å². The molecule has 0 radical (unpaired) electrons. The van der Waals surface area contributed by atoms with Crippen LogP contribution in [-0.2, 0) is 14.8 Å². The number of sulfonamides is 1. The number of nitrogens with one attached hydrogen (secondary N) is 1. The third-order valence-electron chi connectivity index (χ3n) is 5.07. The highest BCUT2D eigenvalue weighted by Crippen LogP contribution is 2.26. The second kappa shape index (κ2) is 11.8. The molecular formula is C22H24F3N3O7S. The number of hydrogen-bond donors (Lipinski definition) is 3. The maximum atomic E-state index is 12.6. The lowest BCUT2D eigenvalue weighted by Crippen LogP contribution is -2.27. The predicted octanol–water partition coefficient (Wildman–Crippen LogP) is 3.80.